The first-order chi connectivity index (χ1) is 11.6. The van der Waals surface area contributed by atoms with Gasteiger partial charge in [-0.15, -0.1) is 0 Å². The van der Waals surface area contributed by atoms with E-state index in [1.807, 2.05) is 43.3 Å². The minimum atomic E-state index is -0.611. The van der Waals surface area contributed by atoms with Crippen molar-refractivity contribution in [2.24, 2.45) is 5.73 Å². The number of hydrogen-bond donors (Lipinski definition) is 1. The van der Waals surface area contributed by atoms with Gasteiger partial charge in [-0.05, 0) is 42.3 Å². The van der Waals surface area contributed by atoms with E-state index in [1.54, 1.807) is 19.2 Å². The zero-order chi connectivity index (χ0) is 17.1. The molecule has 1 amide bonds. The number of ether oxygens (including phenoxy) is 1. The Morgan fingerprint density at radius 3 is 2.50 bits per heavy atom. The van der Waals surface area contributed by atoms with Crippen LogP contribution in [0.5, 0.6) is 5.75 Å². The molecule has 0 radical (unpaired) electrons. The summed E-state index contributed by atoms with van der Waals surface area (Å²) in [5.41, 5.74) is 8.57. The van der Waals surface area contributed by atoms with Crippen LogP contribution < -0.4 is 10.5 Å². The average Bonchev–Trinajstić information content (AvgIpc) is 3.01. The molecule has 2 aromatic carbocycles. The quantitative estimate of drug-likeness (QED) is 0.781. The topological polar surface area (TPSA) is 78.3 Å². The van der Waals surface area contributed by atoms with Gasteiger partial charge in [0.15, 0.2) is 17.3 Å². The van der Waals surface area contributed by atoms with Crippen LogP contribution in [0, 0.1) is 6.92 Å². The first-order valence-electron chi connectivity index (χ1n) is 7.57. The summed E-state index contributed by atoms with van der Waals surface area (Å²) < 4.78 is 11.0. The molecule has 1 heterocycles. The molecule has 0 aliphatic carbocycles. The molecule has 1 aromatic heterocycles. The number of nitrogens with zero attached hydrogens (tertiary/aromatic N) is 1. The van der Waals surface area contributed by atoms with Crippen molar-refractivity contribution in [2.75, 3.05) is 7.11 Å². The van der Waals surface area contributed by atoms with Gasteiger partial charge in [-0.1, -0.05) is 24.3 Å². The van der Waals surface area contributed by atoms with Crippen LogP contribution in [0.3, 0.4) is 0 Å². The third-order valence-corrected chi connectivity index (χ3v) is 3.86. The predicted molar refractivity (Wildman–Crippen MR) is 91.0 cm³/mol. The molecule has 0 saturated heterocycles. The highest BCUT2D eigenvalue weighted by Gasteiger charge is 2.20. The molecule has 0 saturated carbocycles. The van der Waals surface area contributed by atoms with Crippen LogP contribution in [0.4, 0.5) is 0 Å². The third-order valence-electron chi connectivity index (χ3n) is 3.86. The molecular weight excluding hydrogens is 304 g/mol. The lowest BCUT2D eigenvalue weighted by molar-refractivity contribution is 0.0996. The van der Waals surface area contributed by atoms with Gasteiger partial charge in [0.25, 0.3) is 5.91 Å². The fraction of sp³-hybridized carbons (Fsp3) is 0.158. The van der Waals surface area contributed by atoms with Crippen LogP contribution in [0.25, 0.3) is 11.3 Å². The van der Waals surface area contributed by atoms with Gasteiger partial charge in [-0.25, -0.2) is 4.98 Å². The van der Waals surface area contributed by atoms with E-state index in [0.717, 1.165) is 22.4 Å². The summed E-state index contributed by atoms with van der Waals surface area (Å²) in [5, 5.41) is 0. The molecule has 0 aliphatic heterocycles. The number of methoxy groups -OCH3 is 1. The van der Waals surface area contributed by atoms with Crippen molar-refractivity contribution in [3.8, 4) is 17.1 Å². The third kappa shape index (κ3) is 3.15. The summed E-state index contributed by atoms with van der Waals surface area (Å²) in [6, 6.07) is 15.2. The van der Waals surface area contributed by atoms with Crippen molar-refractivity contribution in [3.05, 3.63) is 71.2 Å². The predicted octanol–water partition coefficient (Wildman–Crippen LogP) is 3.35. The molecule has 0 fully saturated rings. The van der Waals surface area contributed by atoms with E-state index < -0.39 is 5.91 Å². The van der Waals surface area contributed by atoms with Gasteiger partial charge >= 0.3 is 0 Å². The number of aryl methyl sites for hydroxylation is 1. The molecule has 0 aliphatic rings. The lowest BCUT2D eigenvalue weighted by Gasteiger charge is -2.02. The van der Waals surface area contributed by atoms with Crippen LogP contribution in [0.15, 0.2) is 52.9 Å². The van der Waals surface area contributed by atoms with Crippen LogP contribution in [0.2, 0.25) is 0 Å². The second-order valence-corrected chi connectivity index (χ2v) is 5.48. The Labute approximate surface area is 140 Å². The number of amides is 1. The zero-order valence-electron chi connectivity index (χ0n) is 13.6. The van der Waals surface area contributed by atoms with E-state index >= 15 is 0 Å². The van der Waals surface area contributed by atoms with Crippen molar-refractivity contribution in [1.29, 1.82) is 0 Å². The fourth-order valence-corrected chi connectivity index (χ4v) is 2.52. The molecule has 3 rings (SSSR count). The minimum absolute atomic E-state index is 0.142. The van der Waals surface area contributed by atoms with Gasteiger partial charge in [0, 0.05) is 12.0 Å². The summed E-state index contributed by atoms with van der Waals surface area (Å²) in [7, 11) is 1.60. The zero-order valence-corrected chi connectivity index (χ0v) is 13.6. The van der Waals surface area contributed by atoms with Crippen molar-refractivity contribution >= 4 is 5.91 Å². The second kappa shape index (κ2) is 6.58. The Morgan fingerprint density at radius 2 is 1.88 bits per heavy atom. The maximum absolute atomic E-state index is 11.7. The van der Waals surface area contributed by atoms with E-state index in [2.05, 4.69) is 4.98 Å². The number of primary amides is 1. The lowest BCUT2D eigenvalue weighted by atomic mass is 10.1. The maximum atomic E-state index is 11.7. The van der Waals surface area contributed by atoms with E-state index in [1.165, 1.54) is 0 Å². The Bertz CT molecular complexity index is 867. The van der Waals surface area contributed by atoms with E-state index in [0.29, 0.717) is 18.1 Å². The number of nitrogens with two attached hydrogens (primary N) is 1. The van der Waals surface area contributed by atoms with Gasteiger partial charge in [-0.3, -0.25) is 4.79 Å². The number of oxazole rings is 1. The van der Waals surface area contributed by atoms with Crippen LogP contribution in [-0.4, -0.2) is 18.0 Å². The SMILES string of the molecule is COc1ccc(-c2oc(Cc3ccccc3C)nc2C(N)=O)cc1. The Balaban J connectivity index is 1.98. The van der Waals surface area contributed by atoms with Crippen molar-refractivity contribution in [2.45, 2.75) is 13.3 Å². The highest BCUT2D eigenvalue weighted by molar-refractivity contribution is 5.96. The first-order valence-corrected chi connectivity index (χ1v) is 7.57. The van der Waals surface area contributed by atoms with Gasteiger partial charge in [-0.2, -0.15) is 0 Å². The van der Waals surface area contributed by atoms with Crippen molar-refractivity contribution < 1.29 is 13.9 Å². The molecule has 3 aromatic rings. The first kappa shape index (κ1) is 15.8. The number of benzene rings is 2. The number of aromatic nitrogens is 1. The van der Waals surface area contributed by atoms with Crippen LogP contribution in [0.1, 0.15) is 27.5 Å². The molecule has 0 bridgehead atoms. The monoisotopic (exact) mass is 322 g/mol. The van der Waals surface area contributed by atoms with E-state index in [4.69, 9.17) is 14.9 Å². The second-order valence-electron chi connectivity index (χ2n) is 5.48. The molecule has 2 N–H and O–H groups in total. The van der Waals surface area contributed by atoms with Crippen molar-refractivity contribution in [3.63, 3.8) is 0 Å². The highest BCUT2D eigenvalue weighted by Crippen LogP contribution is 2.28. The summed E-state index contributed by atoms with van der Waals surface area (Å²) in [6.07, 6.45) is 0.503. The largest absolute Gasteiger partial charge is 0.497 e. The van der Waals surface area contributed by atoms with Crippen LogP contribution >= 0.6 is 0 Å². The molecule has 0 unspecified atom stereocenters. The average molecular weight is 322 g/mol. The molecule has 5 heteroatoms. The van der Waals surface area contributed by atoms with Gasteiger partial charge in [0.1, 0.15) is 5.75 Å². The number of carbonyl (C=O) groups is 1. The summed E-state index contributed by atoms with van der Waals surface area (Å²) in [6.45, 7) is 2.03. The van der Waals surface area contributed by atoms with E-state index in [-0.39, 0.29) is 5.69 Å². The molecule has 122 valence electrons. The normalized spacial score (nSPS) is 10.6. The van der Waals surface area contributed by atoms with E-state index in [9.17, 15) is 4.79 Å². The Hall–Kier alpha value is -3.08. The van der Waals surface area contributed by atoms with Gasteiger partial charge < -0.3 is 14.9 Å². The summed E-state index contributed by atoms with van der Waals surface area (Å²) >= 11 is 0. The number of rotatable bonds is 5. The number of hydrogen-bond acceptors (Lipinski definition) is 4. The molecule has 0 atom stereocenters. The molecule has 24 heavy (non-hydrogen) atoms. The lowest BCUT2D eigenvalue weighted by Crippen LogP contribution is -2.12. The summed E-state index contributed by atoms with van der Waals surface area (Å²) in [4.78, 5) is 16.0. The number of carbonyl (C=O) groups excluding carboxylic acids is 1. The Morgan fingerprint density at radius 1 is 1.17 bits per heavy atom. The van der Waals surface area contributed by atoms with Crippen molar-refractivity contribution in [1.82, 2.24) is 4.98 Å². The summed E-state index contributed by atoms with van der Waals surface area (Å²) in [5.74, 6) is 0.956. The maximum Gasteiger partial charge on any atom is 0.271 e. The fourth-order valence-electron chi connectivity index (χ4n) is 2.52. The minimum Gasteiger partial charge on any atom is -0.497 e. The smallest absolute Gasteiger partial charge is 0.271 e. The highest BCUT2D eigenvalue weighted by atomic mass is 16.5. The van der Waals surface area contributed by atoms with Crippen LogP contribution in [-0.2, 0) is 6.42 Å². The van der Waals surface area contributed by atoms with Gasteiger partial charge in [0.05, 0.1) is 7.11 Å². The molecule has 0 spiro atoms. The standard InChI is InChI=1S/C19H18N2O3/c1-12-5-3-4-6-14(12)11-16-21-17(19(20)22)18(24-16)13-7-9-15(23-2)10-8-13/h3-10H,11H2,1-2H3,(H2,20,22). The molecular formula is C19H18N2O3. The Kier molecular flexibility index (Phi) is 4.33. The molecule has 5 nitrogen and oxygen atoms in total. The van der Waals surface area contributed by atoms with Gasteiger partial charge in [0.2, 0.25) is 0 Å².